The van der Waals surface area contributed by atoms with Crippen LogP contribution in [0.3, 0.4) is 0 Å². The van der Waals surface area contributed by atoms with Gasteiger partial charge in [-0.3, -0.25) is 19.8 Å². The molecule has 11 nitrogen and oxygen atoms in total. The Hall–Kier alpha value is -4.26. The number of likely N-dealkylation sites (tertiary alicyclic amines) is 1. The highest BCUT2D eigenvalue weighted by Gasteiger charge is 2.52. The summed E-state index contributed by atoms with van der Waals surface area (Å²) in [7, 11) is 0. The zero-order valence-electron chi connectivity index (χ0n) is 23.6. The predicted molar refractivity (Wildman–Crippen MR) is 161 cm³/mol. The van der Waals surface area contributed by atoms with Crippen LogP contribution in [0, 0.1) is 5.41 Å². The Labute approximate surface area is 253 Å². The summed E-state index contributed by atoms with van der Waals surface area (Å²) in [5.41, 5.74) is 7.10. The number of nitrogens with zero attached hydrogens (tertiary/aromatic N) is 1. The number of thiophene rings is 1. The van der Waals surface area contributed by atoms with E-state index in [0.29, 0.717) is 31.8 Å². The number of amidine groups is 1. The number of benzene rings is 2. The monoisotopic (exact) mass is 605 g/mol. The number of hydrogen-bond donors (Lipinski definition) is 4. The molecule has 2 aliphatic rings. The van der Waals surface area contributed by atoms with Gasteiger partial charge in [0.2, 0.25) is 17.7 Å². The highest BCUT2D eigenvalue weighted by Crippen LogP contribution is 2.36. The van der Waals surface area contributed by atoms with Crippen LogP contribution in [0.25, 0.3) is 0 Å². The van der Waals surface area contributed by atoms with Crippen LogP contribution in [0.15, 0.2) is 72.1 Å². The molecule has 2 aliphatic heterocycles. The van der Waals surface area contributed by atoms with E-state index in [9.17, 15) is 14.4 Å². The third-order valence-corrected chi connectivity index (χ3v) is 8.36. The van der Waals surface area contributed by atoms with Gasteiger partial charge in [-0.25, -0.2) is 0 Å². The van der Waals surface area contributed by atoms with Crippen molar-refractivity contribution in [3.05, 3.63) is 88.1 Å². The van der Waals surface area contributed by atoms with Gasteiger partial charge in [0.25, 0.3) is 0 Å². The van der Waals surface area contributed by atoms with Crippen molar-refractivity contribution < 1.29 is 28.6 Å². The molecule has 1 spiro atoms. The van der Waals surface area contributed by atoms with E-state index in [4.69, 9.17) is 25.4 Å². The lowest BCUT2D eigenvalue weighted by molar-refractivity contribution is -0.152. The largest absolute Gasteiger partial charge is 0.494 e. The van der Waals surface area contributed by atoms with E-state index in [-0.39, 0.29) is 43.6 Å². The van der Waals surface area contributed by atoms with Gasteiger partial charge in [0.1, 0.15) is 17.6 Å². The molecule has 2 aromatic carbocycles. The summed E-state index contributed by atoms with van der Waals surface area (Å²) in [6.45, 7) is 0.931. The number of nitrogens with one attached hydrogen (secondary N) is 3. The lowest BCUT2D eigenvalue weighted by atomic mass is 10.0. The molecular weight excluding hydrogens is 570 g/mol. The molecule has 1 aromatic heterocycles. The van der Waals surface area contributed by atoms with Crippen LogP contribution in [0.2, 0.25) is 0 Å². The van der Waals surface area contributed by atoms with Gasteiger partial charge in [0.15, 0.2) is 5.79 Å². The fraction of sp³-hybridized carbons (Fsp3) is 0.355. The van der Waals surface area contributed by atoms with Gasteiger partial charge >= 0.3 is 0 Å². The molecule has 0 saturated carbocycles. The van der Waals surface area contributed by atoms with E-state index in [2.05, 4.69) is 10.6 Å². The molecule has 43 heavy (non-hydrogen) atoms. The zero-order valence-corrected chi connectivity index (χ0v) is 24.4. The molecule has 0 radical (unpaired) electrons. The van der Waals surface area contributed by atoms with Gasteiger partial charge in [-0.05, 0) is 30.2 Å². The average Bonchev–Trinajstić information content (AvgIpc) is 3.79. The first kappa shape index (κ1) is 30.2. The molecule has 3 amide bonds. The van der Waals surface area contributed by atoms with Crippen LogP contribution in [0.1, 0.15) is 41.3 Å². The second-order valence-electron chi connectivity index (χ2n) is 10.4. The number of nitrogen functional groups attached to an aromatic ring is 1. The van der Waals surface area contributed by atoms with Crippen molar-refractivity contribution in [2.75, 3.05) is 32.9 Å². The molecule has 0 aliphatic carbocycles. The molecule has 5 N–H and O–H groups in total. The fourth-order valence-electron chi connectivity index (χ4n) is 5.19. The van der Waals surface area contributed by atoms with Gasteiger partial charge in [0.05, 0.1) is 39.0 Å². The lowest BCUT2D eigenvalue weighted by Crippen LogP contribution is -2.49. The predicted octanol–water partition coefficient (Wildman–Crippen LogP) is 2.56. The van der Waals surface area contributed by atoms with Crippen molar-refractivity contribution >= 4 is 34.9 Å². The summed E-state index contributed by atoms with van der Waals surface area (Å²) < 4.78 is 17.3. The van der Waals surface area contributed by atoms with E-state index in [1.165, 1.54) is 16.2 Å². The first-order valence-electron chi connectivity index (χ1n) is 14.1. The molecular formula is C31H35N5O6S. The Morgan fingerprint density at radius 1 is 1.09 bits per heavy atom. The third-order valence-electron chi connectivity index (χ3n) is 7.36. The van der Waals surface area contributed by atoms with Gasteiger partial charge in [-0.2, -0.15) is 0 Å². The van der Waals surface area contributed by atoms with Crippen molar-refractivity contribution in [3.8, 4) is 5.75 Å². The van der Waals surface area contributed by atoms with E-state index >= 15 is 0 Å². The number of nitrogens with two attached hydrogens (primary N) is 1. The van der Waals surface area contributed by atoms with Crippen LogP contribution < -0.4 is 21.1 Å². The van der Waals surface area contributed by atoms with Crippen LogP contribution in [0.4, 0.5) is 0 Å². The minimum atomic E-state index is -1.07. The fourth-order valence-corrected chi connectivity index (χ4v) is 6.18. The van der Waals surface area contributed by atoms with Crippen LogP contribution in [-0.4, -0.2) is 73.2 Å². The first-order valence-corrected chi connectivity index (χ1v) is 15.0. The van der Waals surface area contributed by atoms with E-state index in [0.717, 1.165) is 16.2 Å². The quantitative estimate of drug-likeness (QED) is 0.140. The van der Waals surface area contributed by atoms with E-state index < -0.39 is 23.8 Å². The van der Waals surface area contributed by atoms with Gasteiger partial charge in [0, 0.05) is 28.7 Å². The maximum Gasteiger partial charge on any atom is 0.243 e. The smallest absolute Gasteiger partial charge is 0.243 e. The van der Waals surface area contributed by atoms with Gasteiger partial charge < -0.3 is 35.5 Å². The summed E-state index contributed by atoms with van der Waals surface area (Å²) in [4.78, 5) is 41.9. The van der Waals surface area contributed by atoms with Gasteiger partial charge in [-0.15, -0.1) is 11.3 Å². The third kappa shape index (κ3) is 7.58. The average molecular weight is 606 g/mol. The van der Waals surface area contributed by atoms with Crippen LogP contribution >= 0.6 is 11.3 Å². The maximum absolute atomic E-state index is 13.8. The normalized spacial score (nSPS) is 17.9. The number of rotatable bonds is 12. The molecule has 2 fully saturated rings. The van der Waals surface area contributed by atoms with Crippen molar-refractivity contribution in [2.45, 2.75) is 37.1 Å². The topological polar surface area (TPSA) is 156 Å². The van der Waals surface area contributed by atoms with E-state index in [1.807, 2.05) is 60.7 Å². The minimum absolute atomic E-state index is 0.0588. The molecule has 0 unspecified atom stereocenters. The molecule has 2 atom stereocenters. The summed E-state index contributed by atoms with van der Waals surface area (Å²) in [6.07, 6.45) is 0.853. The van der Waals surface area contributed by atoms with Crippen molar-refractivity contribution in [1.82, 2.24) is 15.5 Å². The Morgan fingerprint density at radius 2 is 1.79 bits per heavy atom. The Balaban J connectivity index is 1.23. The maximum atomic E-state index is 13.8. The highest BCUT2D eigenvalue weighted by atomic mass is 32.1. The summed E-state index contributed by atoms with van der Waals surface area (Å²) in [6, 6.07) is 19.2. The second kappa shape index (κ2) is 13.8. The molecule has 5 rings (SSSR count). The molecule has 3 aromatic rings. The number of ether oxygens (including phenoxy) is 3. The zero-order chi connectivity index (χ0) is 30.2. The lowest BCUT2D eigenvalue weighted by Gasteiger charge is -2.26. The van der Waals surface area contributed by atoms with Crippen molar-refractivity contribution in [3.63, 3.8) is 0 Å². The molecule has 2 saturated heterocycles. The number of carbonyl (C=O) groups excluding carboxylic acids is 3. The van der Waals surface area contributed by atoms with Crippen LogP contribution in [0.5, 0.6) is 5.75 Å². The Morgan fingerprint density at radius 3 is 2.47 bits per heavy atom. The second-order valence-corrected chi connectivity index (χ2v) is 11.3. The number of hydrogen-bond acceptors (Lipinski definition) is 8. The summed E-state index contributed by atoms with van der Waals surface area (Å²) in [5.74, 6) is -1.46. The van der Waals surface area contributed by atoms with Crippen molar-refractivity contribution in [2.24, 2.45) is 5.73 Å². The van der Waals surface area contributed by atoms with Crippen LogP contribution in [-0.2, 0) is 23.9 Å². The van der Waals surface area contributed by atoms with Crippen molar-refractivity contribution in [1.29, 1.82) is 5.41 Å². The summed E-state index contributed by atoms with van der Waals surface area (Å²) in [5, 5.41) is 15.3. The molecule has 12 heteroatoms. The highest BCUT2D eigenvalue weighted by molar-refractivity contribution is 7.10. The number of amides is 3. The van der Waals surface area contributed by atoms with Gasteiger partial charge in [-0.1, -0.05) is 48.5 Å². The molecule has 3 heterocycles. The summed E-state index contributed by atoms with van der Waals surface area (Å²) >= 11 is 1.39. The Kier molecular flexibility index (Phi) is 9.70. The molecule has 0 bridgehead atoms. The molecule has 226 valence electrons. The Bertz CT molecular complexity index is 1430. The minimum Gasteiger partial charge on any atom is -0.494 e. The number of carbonyl (C=O) groups is 3. The first-order chi connectivity index (χ1) is 20.8. The SMILES string of the molecule is N=C(N)c1csc([C@H](NC(=O)[C@@H]2CC3(CN2C(=O)CNC(=O)CCCOc2ccccc2)OCCO3)c2ccccc2)c1. The number of para-hydroxylation sites is 1. The standard InChI is InChI=1S/C31H35N5O6S/c32-29(33)22-16-25(43-19-22)28(21-8-3-1-4-9-21)35-30(39)24-17-31(41-14-15-42-31)20-36(24)27(38)18-34-26(37)12-7-13-40-23-10-5-2-6-11-23/h1-6,8-11,16,19,24,28H,7,12-15,17-18,20H2,(H3,32,33)(H,34,37)(H,35,39)/t24-,28+/m0/s1. The van der Waals surface area contributed by atoms with E-state index in [1.54, 1.807) is 11.4 Å².